The third-order valence-electron chi connectivity index (χ3n) is 5.11. The van der Waals surface area contributed by atoms with Gasteiger partial charge in [0.25, 0.3) is 0 Å². The van der Waals surface area contributed by atoms with Gasteiger partial charge in [-0.15, -0.1) is 0 Å². The summed E-state index contributed by atoms with van der Waals surface area (Å²) in [5.74, 6) is 1.96. The molecule has 0 aliphatic carbocycles. The summed E-state index contributed by atoms with van der Waals surface area (Å²) in [4.78, 5) is 7.16. The summed E-state index contributed by atoms with van der Waals surface area (Å²) in [6.45, 7) is 2.57. The smallest absolute Gasteiger partial charge is 0.181 e. The Kier molecular flexibility index (Phi) is 4.75. The number of hydrazine groups is 1. The molecule has 0 saturated carbocycles. The Morgan fingerprint density at radius 1 is 1.28 bits per heavy atom. The molecule has 25 heavy (non-hydrogen) atoms. The molecule has 0 spiro atoms. The number of hydrogen-bond acceptors (Lipinski definition) is 6. The van der Waals surface area contributed by atoms with Crippen molar-refractivity contribution in [2.45, 2.75) is 25.0 Å². The monoisotopic (exact) mass is 362 g/mol. The fourth-order valence-electron chi connectivity index (χ4n) is 3.79. The molecule has 0 bridgehead atoms. The van der Waals surface area contributed by atoms with Gasteiger partial charge in [-0.25, -0.2) is 15.1 Å². The van der Waals surface area contributed by atoms with Crippen LogP contribution in [0.3, 0.4) is 0 Å². The Labute approximate surface area is 152 Å². The van der Waals surface area contributed by atoms with Crippen molar-refractivity contribution in [3.05, 3.63) is 35.1 Å². The SMILES string of the molecule is CN1CCC2NNC(c3nc(-c4ccc(Cl)cc4)nn3CCO)C2C1. The number of benzene rings is 1. The van der Waals surface area contributed by atoms with E-state index < -0.39 is 0 Å². The van der Waals surface area contributed by atoms with Gasteiger partial charge in [0.15, 0.2) is 5.82 Å². The predicted octanol–water partition coefficient (Wildman–Crippen LogP) is 1.06. The predicted molar refractivity (Wildman–Crippen MR) is 96.0 cm³/mol. The molecule has 3 N–H and O–H groups in total. The fourth-order valence-corrected chi connectivity index (χ4v) is 3.92. The molecule has 2 aliphatic heterocycles. The highest BCUT2D eigenvalue weighted by molar-refractivity contribution is 6.30. The lowest BCUT2D eigenvalue weighted by atomic mass is 9.88. The summed E-state index contributed by atoms with van der Waals surface area (Å²) in [6.07, 6.45) is 1.11. The lowest BCUT2D eigenvalue weighted by Gasteiger charge is -2.33. The van der Waals surface area contributed by atoms with E-state index in [1.165, 1.54) is 0 Å². The van der Waals surface area contributed by atoms with E-state index >= 15 is 0 Å². The van der Waals surface area contributed by atoms with Gasteiger partial charge in [-0.05, 0) is 44.3 Å². The number of fused-ring (bicyclic) bond motifs is 1. The van der Waals surface area contributed by atoms with Crippen molar-refractivity contribution in [2.75, 3.05) is 26.7 Å². The number of aromatic nitrogens is 3. The van der Waals surface area contributed by atoms with E-state index in [1.807, 2.05) is 28.9 Å². The van der Waals surface area contributed by atoms with Gasteiger partial charge in [0.05, 0.1) is 19.2 Å². The molecular formula is C17H23ClN6O. The van der Waals surface area contributed by atoms with Crippen molar-refractivity contribution in [3.8, 4) is 11.4 Å². The first kappa shape index (κ1) is 16.9. The molecular weight excluding hydrogens is 340 g/mol. The molecule has 7 nitrogen and oxygen atoms in total. The van der Waals surface area contributed by atoms with E-state index in [2.05, 4.69) is 27.9 Å². The van der Waals surface area contributed by atoms with E-state index in [0.29, 0.717) is 29.4 Å². The average molecular weight is 363 g/mol. The molecule has 2 saturated heterocycles. The molecule has 4 rings (SSSR count). The van der Waals surface area contributed by atoms with Gasteiger partial charge in [-0.1, -0.05) is 11.6 Å². The van der Waals surface area contributed by atoms with Crippen LogP contribution in [-0.4, -0.2) is 57.6 Å². The quantitative estimate of drug-likeness (QED) is 0.755. The fraction of sp³-hybridized carbons (Fsp3) is 0.529. The minimum Gasteiger partial charge on any atom is -0.394 e. The van der Waals surface area contributed by atoms with Gasteiger partial charge in [-0.2, -0.15) is 5.10 Å². The third-order valence-corrected chi connectivity index (χ3v) is 5.36. The van der Waals surface area contributed by atoms with Crippen molar-refractivity contribution in [1.29, 1.82) is 0 Å². The van der Waals surface area contributed by atoms with Crippen LogP contribution in [0.1, 0.15) is 18.3 Å². The maximum atomic E-state index is 9.43. The molecule has 0 amide bonds. The normalized spacial score (nSPS) is 26.8. The van der Waals surface area contributed by atoms with E-state index in [4.69, 9.17) is 16.6 Å². The molecule has 134 valence electrons. The molecule has 2 aromatic rings. The van der Waals surface area contributed by atoms with Crippen LogP contribution in [-0.2, 0) is 6.54 Å². The topological polar surface area (TPSA) is 78.2 Å². The summed E-state index contributed by atoms with van der Waals surface area (Å²) < 4.78 is 1.82. The number of likely N-dealkylation sites (tertiary alicyclic amines) is 1. The maximum Gasteiger partial charge on any atom is 0.181 e. The second-order valence-electron chi connectivity index (χ2n) is 6.83. The lowest BCUT2D eigenvalue weighted by Crippen LogP contribution is -2.43. The average Bonchev–Trinajstić information content (AvgIpc) is 3.19. The second-order valence-corrected chi connectivity index (χ2v) is 7.27. The highest BCUT2D eigenvalue weighted by Crippen LogP contribution is 2.33. The van der Waals surface area contributed by atoms with Gasteiger partial charge in [0.1, 0.15) is 5.82 Å². The van der Waals surface area contributed by atoms with Gasteiger partial charge in [0.2, 0.25) is 0 Å². The van der Waals surface area contributed by atoms with Crippen molar-refractivity contribution < 1.29 is 5.11 Å². The minimum absolute atomic E-state index is 0.0323. The molecule has 3 unspecified atom stereocenters. The summed E-state index contributed by atoms with van der Waals surface area (Å²) in [5.41, 5.74) is 7.74. The zero-order valence-corrected chi connectivity index (χ0v) is 14.9. The van der Waals surface area contributed by atoms with Crippen LogP contribution in [0.5, 0.6) is 0 Å². The molecule has 8 heteroatoms. The van der Waals surface area contributed by atoms with Crippen LogP contribution >= 0.6 is 11.6 Å². The van der Waals surface area contributed by atoms with Crippen LogP contribution in [0.2, 0.25) is 5.02 Å². The zero-order chi connectivity index (χ0) is 17.4. The van der Waals surface area contributed by atoms with E-state index in [-0.39, 0.29) is 12.6 Å². The minimum atomic E-state index is 0.0323. The Morgan fingerprint density at radius 2 is 2.08 bits per heavy atom. The van der Waals surface area contributed by atoms with Crippen LogP contribution < -0.4 is 10.9 Å². The maximum absolute atomic E-state index is 9.43. The van der Waals surface area contributed by atoms with Gasteiger partial charge < -0.3 is 10.0 Å². The Bertz CT molecular complexity index is 733. The van der Waals surface area contributed by atoms with Crippen molar-refractivity contribution in [1.82, 2.24) is 30.5 Å². The van der Waals surface area contributed by atoms with Crippen molar-refractivity contribution in [3.63, 3.8) is 0 Å². The summed E-state index contributed by atoms with van der Waals surface area (Å²) in [5, 5.41) is 14.7. The van der Waals surface area contributed by atoms with Crippen LogP contribution in [0.4, 0.5) is 0 Å². The second kappa shape index (κ2) is 7.01. The standard InChI is InChI=1S/C17H23ClN6O/c1-23-7-6-14-13(10-23)15(21-20-14)17-19-16(22-24(17)8-9-25)11-2-4-12(18)5-3-11/h2-5,13-15,20-21,25H,6-10H2,1H3. The molecule has 1 aromatic carbocycles. The Hall–Kier alpha value is -1.51. The number of nitrogens with zero attached hydrogens (tertiary/aromatic N) is 4. The largest absolute Gasteiger partial charge is 0.394 e. The molecule has 2 fully saturated rings. The van der Waals surface area contributed by atoms with Crippen LogP contribution in [0, 0.1) is 5.92 Å². The number of aliphatic hydroxyl groups is 1. The number of rotatable bonds is 4. The van der Waals surface area contributed by atoms with Crippen molar-refractivity contribution >= 4 is 11.6 Å². The third kappa shape index (κ3) is 3.30. The number of hydrogen-bond donors (Lipinski definition) is 3. The first-order valence-corrected chi connectivity index (χ1v) is 9.04. The molecule has 2 aliphatic rings. The lowest BCUT2D eigenvalue weighted by molar-refractivity contribution is 0.181. The van der Waals surface area contributed by atoms with Gasteiger partial charge in [-0.3, -0.25) is 5.43 Å². The molecule has 0 radical (unpaired) electrons. The first-order valence-electron chi connectivity index (χ1n) is 8.67. The van der Waals surface area contributed by atoms with Gasteiger partial charge >= 0.3 is 0 Å². The molecule has 1 aromatic heterocycles. The Balaban J connectivity index is 1.67. The summed E-state index contributed by atoms with van der Waals surface area (Å²) in [6, 6.07) is 8.03. The number of halogens is 1. The van der Waals surface area contributed by atoms with E-state index in [0.717, 1.165) is 30.9 Å². The molecule has 3 heterocycles. The molecule has 3 atom stereocenters. The van der Waals surface area contributed by atoms with Crippen LogP contribution in [0.25, 0.3) is 11.4 Å². The van der Waals surface area contributed by atoms with Crippen LogP contribution in [0.15, 0.2) is 24.3 Å². The highest BCUT2D eigenvalue weighted by atomic mass is 35.5. The zero-order valence-electron chi connectivity index (χ0n) is 14.2. The summed E-state index contributed by atoms with van der Waals surface area (Å²) in [7, 11) is 2.16. The number of aliphatic hydroxyl groups excluding tert-OH is 1. The summed E-state index contributed by atoms with van der Waals surface area (Å²) >= 11 is 5.98. The van der Waals surface area contributed by atoms with Crippen molar-refractivity contribution in [2.24, 2.45) is 5.92 Å². The number of nitrogens with one attached hydrogen (secondary N) is 2. The van der Waals surface area contributed by atoms with E-state index in [9.17, 15) is 5.11 Å². The Morgan fingerprint density at radius 3 is 2.84 bits per heavy atom. The first-order chi connectivity index (χ1) is 12.2. The highest BCUT2D eigenvalue weighted by Gasteiger charge is 2.42. The van der Waals surface area contributed by atoms with Gasteiger partial charge in [0, 0.05) is 29.1 Å². The number of piperidine rings is 1. The van der Waals surface area contributed by atoms with E-state index in [1.54, 1.807) is 0 Å².